The van der Waals surface area contributed by atoms with Crippen LogP contribution in [0.25, 0.3) is 0 Å². The Balaban J connectivity index is 2.47. The molecule has 0 aromatic rings. The average molecular weight is 169 g/mol. The zero-order chi connectivity index (χ0) is 9.14. The Hall–Kier alpha value is -0.570. The van der Waals surface area contributed by atoms with Crippen molar-refractivity contribution in [3.05, 3.63) is 0 Å². The van der Waals surface area contributed by atoms with Gasteiger partial charge in [0.15, 0.2) is 0 Å². The van der Waals surface area contributed by atoms with E-state index in [1.807, 2.05) is 0 Å². The summed E-state index contributed by atoms with van der Waals surface area (Å²) in [6, 6.07) is 0.342. The van der Waals surface area contributed by atoms with Gasteiger partial charge in [0.05, 0.1) is 0 Å². The highest BCUT2D eigenvalue weighted by Crippen LogP contribution is 2.41. The van der Waals surface area contributed by atoms with Crippen LogP contribution in [0.4, 0.5) is 0 Å². The van der Waals surface area contributed by atoms with E-state index in [2.05, 4.69) is 31.2 Å². The Morgan fingerprint density at radius 3 is 2.67 bits per heavy atom. The van der Waals surface area contributed by atoms with Crippen molar-refractivity contribution in [1.82, 2.24) is 5.43 Å². The van der Waals surface area contributed by atoms with Gasteiger partial charge in [-0.25, -0.2) is 5.84 Å². The van der Waals surface area contributed by atoms with Crippen molar-refractivity contribution >= 4 is 5.84 Å². The maximum Gasteiger partial charge on any atom is 0.114 e. The molecule has 1 saturated carbocycles. The van der Waals surface area contributed by atoms with Crippen LogP contribution in [-0.4, -0.2) is 11.9 Å². The molecule has 0 aliphatic heterocycles. The van der Waals surface area contributed by atoms with Gasteiger partial charge in [-0.1, -0.05) is 13.3 Å². The van der Waals surface area contributed by atoms with Crippen LogP contribution in [-0.2, 0) is 0 Å². The van der Waals surface area contributed by atoms with E-state index in [0.717, 1.165) is 11.8 Å². The van der Waals surface area contributed by atoms with Crippen LogP contribution in [0.15, 0.2) is 4.99 Å². The van der Waals surface area contributed by atoms with Gasteiger partial charge in [-0.05, 0) is 26.2 Å². The molecule has 0 amide bonds. The van der Waals surface area contributed by atoms with Crippen molar-refractivity contribution in [2.24, 2.45) is 22.7 Å². The second-order valence-electron chi connectivity index (χ2n) is 3.76. The highest BCUT2D eigenvalue weighted by Gasteiger charge is 2.39. The SMILES string of the molecule is CC[C@@H]1C[C@H]1C(=NC(C)C)NN. The minimum atomic E-state index is 0.342. The smallest absolute Gasteiger partial charge is 0.114 e. The second kappa shape index (κ2) is 3.90. The zero-order valence-electron chi connectivity index (χ0n) is 8.17. The molecule has 0 radical (unpaired) electrons. The van der Waals surface area contributed by atoms with Gasteiger partial charge in [0.25, 0.3) is 0 Å². The lowest BCUT2D eigenvalue weighted by Crippen LogP contribution is -2.33. The first kappa shape index (κ1) is 9.52. The lowest BCUT2D eigenvalue weighted by molar-refractivity contribution is 0.739. The summed E-state index contributed by atoms with van der Waals surface area (Å²) in [6.45, 7) is 6.36. The third-order valence-corrected chi connectivity index (χ3v) is 2.34. The molecule has 70 valence electrons. The van der Waals surface area contributed by atoms with Crippen LogP contribution in [0.3, 0.4) is 0 Å². The van der Waals surface area contributed by atoms with Gasteiger partial charge in [0.2, 0.25) is 0 Å². The quantitative estimate of drug-likeness (QED) is 0.289. The lowest BCUT2D eigenvalue weighted by Gasteiger charge is -2.06. The van der Waals surface area contributed by atoms with Crippen molar-refractivity contribution in [2.45, 2.75) is 39.7 Å². The normalized spacial score (nSPS) is 29.2. The molecule has 1 aliphatic rings. The van der Waals surface area contributed by atoms with Crippen LogP contribution in [0.5, 0.6) is 0 Å². The molecule has 0 aromatic heterocycles. The summed E-state index contributed by atoms with van der Waals surface area (Å²) in [4.78, 5) is 4.44. The summed E-state index contributed by atoms with van der Waals surface area (Å²) in [6.07, 6.45) is 2.50. The van der Waals surface area contributed by atoms with Crippen molar-refractivity contribution in [1.29, 1.82) is 0 Å². The molecule has 0 heterocycles. The van der Waals surface area contributed by atoms with Crippen molar-refractivity contribution in [2.75, 3.05) is 0 Å². The Morgan fingerprint density at radius 1 is 1.67 bits per heavy atom. The van der Waals surface area contributed by atoms with Crippen molar-refractivity contribution in [3.8, 4) is 0 Å². The van der Waals surface area contributed by atoms with E-state index < -0.39 is 0 Å². The average Bonchev–Trinajstić information content (AvgIpc) is 2.78. The van der Waals surface area contributed by atoms with Crippen LogP contribution in [0.1, 0.15) is 33.6 Å². The van der Waals surface area contributed by atoms with E-state index in [1.165, 1.54) is 12.8 Å². The zero-order valence-corrected chi connectivity index (χ0v) is 8.17. The summed E-state index contributed by atoms with van der Waals surface area (Å²) < 4.78 is 0. The molecule has 0 bridgehead atoms. The van der Waals surface area contributed by atoms with Crippen molar-refractivity contribution in [3.63, 3.8) is 0 Å². The number of amidine groups is 1. The Kier molecular flexibility index (Phi) is 3.09. The predicted octanol–water partition coefficient (Wildman–Crippen LogP) is 1.30. The van der Waals surface area contributed by atoms with E-state index in [9.17, 15) is 0 Å². The number of rotatable bonds is 3. The molecule has 3 N–H and O–H groups in total. The maximum absolute atomic E-state index is 5.40. The van der Waals surface area contributed by atoms with E-state index >= 15 is 0 Å². The lowest BCUT2D eigenvalue weighted by atomic mass is 10.2. The minimum Gasteiger partial charge on any atom is -0.312 e. The number of nitrogens with two attached hydrogens (primary N) is 1. The Morgan fingerprint density at radius 2 is 2.33 bits per heavy atom. The van der Waals surface area contributed by atoms with Gasteiger partial charge >= 0.3 is 0 Å². The minimum absolute atomic E-state index is 0.342. The maximum atomic E-state index is 5.40. The fraction of sp³-hybridized carbons (Fsp3) is 0.889. The number of hydrogen-bond donors (Lipinski definition) is 2. The molecular formula is C9H19N3. The number of hydrazine groups is 1. The molecule has 1 rings (SSSR count). The highest BCUT2D eigenvalue weighted by molar-refractivity contribution is 5.86. The molecule has 12 heavy (non-hydrogen) atoms. The summed E-state index contributed by atoms with van der Waals surface area (Å²) in [5.41, 5.74) is 2.71. The predicted molar refractivity (Wildman–Crippen MR) is 51.8 cm³/mol. The standard InChI is InChI=1S/C9H19N3/c1-4-7-5-8(7)9(12-10)11-6(2)3/h6-8H,4-5,10H2,1-3H3,(H,11,12)/t7-,8-/m1/s1. The van der Waals surface area contributed by atoms with E-state index in [-0.39, 0.29) is 0 Å². The monoisotopic (exact) mass is 169 g/mol. The molecule has 0 aromatic carbocycles. The molecule has 1 fully saturated rings. The van der Waals surface area contributed by atoms with Crippen LogP contribution in [0.2, 0.25) is 0 Å². The Labute approximate surface area is 74.4 Å². The number of aliphatic imine (C=N–C) groups is 1. The Bertz CT molecular complexity index is 175. The molecule has 1 aliphatic carbocycles. The number of nitrogens with one attached hydrogen (secondary N) is 1. The number of nitrogens with zero attached hydrogens (tertiary/aromatic N) is 1. The first-order chi connectivity index (χ1) is 5.69. The molecule has 0 unspecified atom stereocenters. The summed E-state index contributed by atoms with van der Waals surface area (Å²) in [7, 11) is 0. The fourth-order valence-electron chi connectivity index (χ4n) is 1.55. The molecule has 3 heteroatoms. The summed E-state index contributed by atoms with van der Waals surface area (Å²) in [5.74, 6) is 7.83. The number of hydrogen-bond acceptors (Lipinski definition) is 2. The summed E-state index contributed by atoms with van der Waals surface area (Å²) in [5, 5.41) is 0. The highest BCUT2D eigenvalue weighted by atomic mass is 15.3. The third kappa shape index (κ3) is 2.21. The van der Waals surface area contributed by atoms with E-state index in [1.54, 1.807) is 0 Å². The first-order valence-corrected chi connectivity index (χ1v) is 4.73. The molecule has 2 atom stereocenters. The molecular weight excluding hydrogens is 150 g/mol. The van der Waals surface area contributed by atoms with Crippen LogP contribution >= 0.6 is 0 Å². The van der Waals surface area contributed by atoms with E-state index in [4.69, 9.17) is 5.84 Å². The van der Waals surface area contributed by atoms with Gasteiger partial charge in [-0.2, -0.15) is 0 Å². The topological polar surface area (TPSA) is 50.4 Å². The first-order valence-electron chi connectivity index (χ1n) is 4.73. The van der Waals surface area contributed by atoms with Gasteiger partial charge in [0.1, 0.15) is 5.84 Å². The summed E-state index contributed by atoms with van der Waals surface area (Å²) >= 11 is 0. The molecule has 0 spiro atoms. The largest absolute Gasteiger partial charge is 0.312 e. The second-order valence-corrected chi connectivity index (χ2v) is 3.76. The van der Waals surface area contributed by atoms with Gasteiger partial charge in [0, 0.05) is 12.0 Å². The fourth-order valence-corrected chi connectivity index (χ4v) is 1.55. The van der Waals surface area contributed by atoms with Crippen molar-refractivity contribution < 1.29 is 0 Å². The van der Waals surface area contributed by atoms with Crippen LogP contribution < -0.4 is 11.3 Å². The van der Waals surface area contributed by atoms with Gasteiger partial charge < -0.3 is 5.43 Å². The molecule has 0 saturated heterocycles. The third-order valence-electron chi connectivity index (χ3n) is 2.34. The van der Waals surface area contributed by atoms with E-state index in [0.29, 0.717) is 12.0 Å². The van der Waals surface area contributed by atoms with Gasteiger partial charge in [-0.15, -0.1) is 0 Å². The van der Waals surface area contributed by atoms with Gasteiger partial charge in [-0.3, -0.25) is 4.99 Å². The van der Waals surface area contributed by atoms with Crippen LogP contribution in [0, 0.1) is 11.8 Å². The molecule has 3 nitrogen and oxygen atoms in total.